The molecular weight excluding hydrogens is 368 g/mol. The van der Waals surface area contributed by atoms with Gasteiger partial charge in [-0.25, -0.2) is 0 Å². The second-order valence-electron chi connectivity index (χ2n) is 6.91. The summed E-state index contributed by atoms with van der Waals surface area (Å²) in [6, 6.07) is -0.714. The Kier molecular flexibility index (Phi) is 10.8. The summed E-state index contributed by atoms with van der Waals surface area (Å²) in [6.07, 6.45) is 6.48. The number of hydrogen-bond acceptors (Lipinski definition) is 4. The van der Waals surface area contributed by atoms with Crippen LogP contribution >= 0.6 is 0 Å². The van der Waals surface area contributed by atoms with Gasteiger partial charge in [0.15, 0.2) is 0 Å². The first-order valence-electron chi connectivity index (χ1n) is 9.89. The Hall–Kier alpha value is -1.94. The molecule has 0 saturated carbocycles. The van der Waals surface area contributed by atoms with Crippen LogP contribution in [0.25, 0.3) is 0 Å². The van der Waals surface area contributed by atoms with Crippen LogP contribution in [0.1, 0.15) is 64.7 Å². The molecule has 1 amide bonds. The van der Waals surface area contributed by atoms with Crippen molar-refractivity contribution >= 4 is 11.9 Å². The molecule has 1 saturated heterocycles. The van der Waals surface area contributed by atoms with E-state index < -0.39 is 30.4 Å². The fourth-order valence-corrected chi connectivity index (χ4v) is 3.05. The van der Waals surface area contributed by atoms with Crippen LogP contribution in [0.3, 0.4) is 0 Å². The molecule has 28 heavy (non-hydrogen) atoms. The number of rotatable bonds is 11. The number of aliphatic hydroxyl groups is 1. The molecule has 0 aromatic heterocycles. The van der Waals surface area contributed by atoms with Crippen molar-refractivity contribution in [3.8, 4) is 11.8 Å². The summed E-state index contributed by atoms with van der Waals surface area (Å²) in [7, 11) is 1.34. The Morgan fingerprint density at radius 1 is 1.36 bits per heavy atom. The highest BCUT2D eigenvalue weighted by molar-refractivity contribution is 5.86. The number of amides is 1. The van der Waals surface area contributed by atoms with Crippen molar-refractivity contribution in [2.45, 2.75) is 82.8 Å². The van der Waals surface area contributed by atoms with Crippen molar-refractivity contribution in [2.24, 2.45) is 0 Å². The predicted molar refractivity (Wildman–Crippen MR) is 103 cm³/mol. The number of esters is 1. The Balaban J connectivity index is 2.48. The van der Waals surface area contributed by atoms with E-state index in [2.05, 4.69) is 16.6 Å². The maximum absolute atomic E-state index is 13.9. The van der Waals surface area contributed by atoms with Crippen molar-refractivity contribution in [2.75, 3.05) is 13.7 Å². The van der Waals surface area contributed by atoms with Crippen molar-refractivity contribution < 1.29 is 28.2 Å². The number of hydrogen-bond donors (Lipinski definition) is 1. The van der Waals surface area contributed by atoms with E-state index in [4.69, 9.17) is 0 Å². The first-order chi connectivity index (χ1) is 13.3. The number of carbonyl (C=O) groups excluding carboxylic acids is 2. The van der Waals surface area contributed by atoms with Crippen LogP contribution in [-0.4, -0.2) is 53.6 Å². The quantitative estimate of drug-likeness (QED) is 0.250. The zero-order valence-corrected chi connectivity index (χ0v) is 16.8. The van der Waals surface area contributed by atoms with Crippen LogP contribution in [-0.2, 0) is 14.3 Å². The van der Waals surface area contributed by atoms with Gasteiger partial charge in [-0.1, -0.05) is 31.9 Å². The summed E-state index contributed by atoms with van der Waals surface area (Å²) in [5.41, 5.74) is 0. The zero-order chi connectivity index (χ0) is 21.0. The number of methoxy groups -OCH3 is 1. The molecule has 5 nitrogen and oxygen atoms in total. The molecule has 0 bridgehead atoms. The van der Waals surface area contributed by atoms with Crippen molar-refractivity contribution in [1.82, 2.24) is 4.90 Å². The largest absolute Gasteiger partial charge is 0.469 e. The van der Waals surface area contributed by atoms with Crippen LogP contribution in [0, 0.1) is 11.8 Å². The van der Waals surface area contributed by atoms with E-state index in [9.17, 15) is 23.5 Å². The third kappa shape index (κ3) is 8.39. The third-order valence-corrected chi connectivity index (χ3v) is 4.62. The summed E-state index contributed by atoms with van der Waals surface area (Å²) in [6.45, 7) is 2.17. The Labute approximate surface area is 166 Å². The van der Waals surface area contributed by atoms with Gasteiger partial charge in [0.05, 0.1) is 19.3 Å². The lowest BCUT2D eigenvalue weighted by Crippen LogP contribution is -2.36. The van der Waals surface area contributed by atoms with Gasteiger partial charge < -0.3 is 14.7 Å². The van der Waals surface area contributed by atoms with E-state index in [1.807, 2.05) is 6.92 Å². The fraction of sp³-hybridized carbons (Fsp3) is 0.714. The molecule has 1 fully saturated rings. The van der Waals surface area contributed by atoms with E-state index >= 15 is 0 Å². The van der Waals surface area contributed by atoms with E-state index in [1.54, 1.807) is 0 Å². The number of alkyl halides is 2. The first kappa shape index (κ1) is 24.1. The lowest BCUT2D eigenvalue weighted by Gasteiger charge is -2.22. The molecule has 0 aliphatic carbocycles. The number of unbranched alkanes of at least 4 members (excludes halogenated alkanes) is 3. The molecule has 0 radical (unpaired) electrons. The van der Waals surface area contributed by atoms with Gasteiger partial charge in [0.25, 0.3) is 5.91 Å². The normalized spacial score (nSPS) is 19.5. The first-order valence-corrected chi connectivity index (χ1v) is 9.89. The Morgan fingerprint density at radius 2 is 2.07 bits per heavy atom. The second-order valence-corrected chi connectivity index (χ2v) is 6.91. The molecule has 0 spiro atoms. The molecule has 1 rings (SSSR count). The highest BCUT2D eigenvalue weighted by Crippen LogP contribution is 2.34. The van der Waals surface area contributed by atoms with Crippen LogP contribution in [0.15, 0.2) is 12.2 Å². The Morgan fingerprint density at radius 3 is 2.75 bits per heavy atom. The second kappa shape index (κ2) is 12.5. The summed E-state index contributed by atoms with van der Waals surface area (Å²) in [4.78, 5) is 24.2. The fourth-order valence-electron chi connectivity index (χ4n) is 3.05. The topological polar surface area (TPSA) is 66.8 Å². The van der Waals surface area contributed by atoms with Gasteiger partial charge in [-0.2, -0.15) is 8.78 Å². The lowest BCUT2D eigenvalue weighted by atomic mass is 10.1. The van der Waals surface area contributed by atoms with E-state index in [0.717, 1.165) is 19.3 Å². The monoisotopic (exact) mass is 399 g/mol. The molecule has 7 heteroatoms. The molecular formula is C21H31F2NO4. The molecule has 2 atom stereocenters. The number of carbonyl (C=O) groups is 2. The third-order valence-electron chi connectivity index (χ3n) is 4.62. The highest BCUT2D eigenvalue weighted by atomic mass is 19.3. The average Bonchev–Trinajstić information content (AvgIpc) is 2.88. The van der Waals surface area contributed by atoms with Gasteiger partial charge >= 0.3 is 11.9 Å². The summed E-state index contributed by atoms with van der Waals surface area (Å²) < 4.78 is 32.3. The number of nitrogens with zero attached hydrogens (tertiary/aromatic N) is 1. The van der Waals surface area contributed by atoms with Crippen molar-refractivity contribution in [3.63, 3.8) is 0 Å². The van der Waals surface area contributed by atoms with Crippen LogP contribution in [0.2, 0.25) is 0 Å². The number of likely N-dealkylation sites (tertiary alicyclic amines) is 1. The lowest BCUT2D eigenvalue weighted by molar-refractivity contribution is -0.148. The molecule has 1 heterocycles. The molecule has 158 valence electrons. The van der Waals surface area contributed by atoms with Crippen LogP contribution in [0.4, 0.5) is 8.78 Å². The van der Waals surface area contributed by atoms with Gasteiger partial charge in [-0.05, 0) is 19.3 Å². The summed E-state index contributed by atoms with van der Waals surface area (Å²) in [5, 5.41) is 9.95. The Bertz CT molecular complexity index is 595. The van der Waals surface area contributed by atoms with Crippen LogP contribution in [0.5, 0.6) is 0 Å². The summed E-state index contributed by atoms with van der Waals surface area (Å²) in [5.74, 6) is 1.05. The summed E-state index contributed by atoms with van der Waals surface area (Å²) >= 11 is 0. The van der Waals surface area contributed by atoms with E-state index in [1.165, 1.54) is 24.2 Å². The molecule has 0 aromatic rings. The molecule has 1 unspecified atom stereocenters. The maximum Gasteiger partial charge on any atom is 0.327 e. The van der Waals surface area contributed by atoms with Gasteiger partial charge in [0, 0.05) is 32.2 Å². The minimum atomic E-state index is -3.36. The maximum atomic E-state index is 13.9. The molecule has 1 N–H and O–H groups in total. The molecule has 1 aliphatic rings. The zero-order valence-electron chi connectivity index (χ0n) is 16.8. The van der Waals surface area contributed by atoms with E-state index in [0.29, 0.717) is 32.1 Å². The standard InChI is InChI=1S/C21H31F2NO4/c1-3-4-5-8-11-18(25)14-13-17-16-21(22,23)20(27)24(17)15-10-7-6-9-12-19(26)28-2/h13-14,17-18,25H,3,6-12,15-16H2,1-2H3/t17-,18?/m0/s1. The number of ether oxygens (including phenoxy) is 1. The van der Waals surface area contributed by atoms with Gasteiger partial charge in [-0.15, -0.1) is 11.8 Å². The average molecular weight is 399 g/mol. The van der Waals surface area contributed by atoms with Crippen LogP contribution < -0.4 is 0 Å². The van der Waals surface area contributed by atoms with Gasteiger partial charge in [0.1, 0.15) is 0 Å². The number of halogens is 2. The number of aliphatic hydroxyl groups excluding tert-OH is 1. The minimum Gasteiger partial charge on any atom is -0.469 e. The van der Waals surface area contributed by atoms with Crippen molar-refractivity contribution in [1.29, 1.82) is 0 Å². The smallest absolute Gasteiger partial charge is 0.327 e. The van der Waals surface area contributed by atoms with E-state index in [-0.39, 0.29) is 12.5 Å². The predicted octanol–water partition coefficient (Wildman–Crippen LogP) is 3.46. The SMILES string of the molecule is CCC#CCCC(O)C=C[C@H]1CC(F)(F)C(=O)N1CCCCCCC(=O)OC. The molecule has 0 aromatic carbocycles. The van der Waals surface area contributed by atoms with Gasteiger partial charge in [0.2, 0.25) is 0 Å². The molecule has 1 aliphatic heterocycles. The highest BCUT2D eigenvalue weighted by Gasteiger charge is 2.52. The minimum absolute atomic E-state index is 0.236. The van der Waals surface area contributed by atoms with Gasteiger partial charge in [-0.3, -0.25) is 9.59 Å². The van der Waals surface area contributed by atoms with Crippen molar-refractivity contribution in [3.05, 3.63) is 12.2 Å².